The number of methoxy groups -OCH3 is 1. The second kappa shape index (κ2) is 4.29. The Balaban J connectivity index is 2.24. The lowest BCUT2D eigenvalue weighted by Gasteiger charge is -1.99. The monoisotopic (exact) mass is 186 g/mol. The molecule has 13 heavy (non-hydrogen) atoms. The number of anilines is 1. The highest BCUT2D eigenvalue weighted by atomic mass is 16.5. The third kappa shape index (κ3) is 2.97. The van der Waals surface area contributed by atoms with Crippen LogP contribution in [0, 0.1) is 0 Å². The van der Waals surface area contributed by atoms with Crippen LogP contribution in [0.5, 0.6) is 0 Å². The molecular formula is C6H10N4O3. The van der Waals surface area contributed by atoms with E-state index in [1.807, 2.05) is 0 Å². The lowest BCUT2D eigenvalue weighted by atomic mass is 10.4. The second-order valence-corrected chi connectivity index (χ2v) is 2.20. The Morgan fingerprint density at radius 1 is 1.69 bits per heavy atom. The molecule has 1 aromatic rings. The van der Waals surface area contributed by atoms with Gasteiger partial charge in [0.05, 0.1) is 7.11 Å². The molecule has 1 heterocycles. The van der Waals surface area contributed by atoms with Gasteiger partial charge in [0.1, 0.15) is 0 Å². The number of hydrogen-bond acceptors (Lipinski definition) is 6. The summed E-state index contributed by atoms with van der Waals surface area (Å²) in [5.41, 5.74) is 5.18. The smallest absolute Gasteiger partial charge is 0.406 e. The molecule has 0 radical (unpaired) electrons. The molecule has 0 aliphatic heterocycles. The van der Waals surface area contributed by atoms with Gasteiger partial charge in [-0.3, -0.25) is 0 Å². The molecule has 0 atom stereocenters. The second-order valence-electron chi connectivity index (χ2n) is 2.20. The number of nitrogens with two attached hydrogens (primary N) is 1. The molecule has 0 unspecified atom stereocenters. The molecule has 72 valence electrons. The number of nitrogens with one attached hydrogen (secondary N) is 1. The van der Waals surface area contributed by atoms with E-state index in [9.17, 15) is 4.79 Å². The number of hydrogen-bond donors (Lipinski definition) is 2. The molecule has 0 aromatic carbocycles. The molecule has 0 bridgehead atoms. The maximum Gasteiger partial charge on any atom is 0.406 e. The average molecular weight is 186 g/mol. The van der Waals surface area contributed by atoms with E-state index < -0.39 is 6.09 Å². The zero-order valence-electron chi connectivity index (χ0n) is 7.11. The van der Waals surface area contributed by atoms with Gasteiger partial charge in [-0.25, -0.2) is 4.79 Å². The Kier molecular flexibility index (Phi) is 3.07. The lowest BCUT2D eigenvalue weighted by Crippen LogP contribution is -2.25. The predicted octanol–water partition coefficient (Wildman–Crippen LogP) is -0.450. The van der Waals surface area contributed by atoms with Crippen LogP contribution in [0.1, 0.15) is 5.89 Å². The van der Waals surface area contributed by atoms with Crippen molar-refractivity contribution in [3.8, 4) is 0 Å². The molecule has 0 spiro atoms. The van der Waals surface area contributed by atoms with E-state index >= 15 is 0 Å². The predicted molar refractivity (Wildman–Crippen MR) is 42.8 cm³/mol. The van der Waals surface area contributed by atoms with Crippen molar-refractivity contribution in [2.24, 2.45) is 0 Å². The van der Waals surface area contributed by atoms with Crippen LogP contribution in [0.4, 0.5) is 10.8 Å². The molecule has 7 heteroatoms. The van der Waals surface area contributed by atoms with Crippen molar-refractivity contribution in [3.63, 3.8) is 0 Å². The quantitative estimate of drug-likeness (QED) is 0.662. The molecule has 3 N–H and O–H groups in total. The maximum absolute atomic E-state index is 10.6. The van der Waals surface area contributed by atoms with E-state index in [0.717, 1.165) is 0 Å². The van der Waals surface area contributed by atoms with Crippen LogP contribution in [-0.4, -0.2) is 29.9 Å². The Hall–Kier alpha value is -1.79. The molecule has 1 rings (SSSR count). The van der Waals surface area contributed by atoms with Gasteiger partial charge in [-0.05, 0) is 0 Å². The largest absolute Gasteiger partial charge is 0.453 e. The number of rotatable bonds is 3. The molecule has 0 saturated carbocycles. The number of ether oxygens (including phenoxy) is 1. The van der Waals surface area contributed by atoms with E-state index in [1.165, 1.54) is 7.11 Å². The molecule has 0 saturated heterocycles. The lowest BCUT2D eigenvalue weighted by molar-refractivity contribution is 0.171. The molecule has 0 fully saturated rings. The summed E-state index contributed by atoms with van der Waals surface area (Å²) in [6.07, 6.45) is -0.0632. The van der Waals surface area contributed by atoms with Crippen molar-refractivity contribution in [2.45, 2.75) is 6.42 Å². The summed E-state index contributed by atoms with van der Waals surface area (Å²) in [6, 6.07) is 0.0214. The minimum Gasteiger partial charge on any atom is -0.453 e. The SMILES string of the molecule is COC(=O)NCCc1nnc(N)o1. The first-order valence-corrected chi connectivity index (χ1v) is 3.62. The fourth-order valence-electron chi connectivity index (χ4n) is 0.711. The van der Waals surface area contributed by atoms with Crippen LogP contribution in [0.2, 0.25) is 0 Å². The maximum atomic E-state index is 10.6. The van der Waals surface area contributed by atoms with Crippen molar-refractivity contribution in [2.75, 3.05) is 19.4 Å². The Bertz CT molecular complexity index is 285. The third-order valence-corrected chi connectivity index (χ3v) is 1.28. The summed E-state index contributed by atoms with van der Waals surface area (Å²) in [4.78, 5) is 10.6. The number of nitrogens with zero attached hydrogens (tertiary/aromatic N) is 2. The van der Waals surface area contributed by atoms with Gasteiger partial charge in [-0.2, -0.15) is 0 Å². The number of nitrogen functional groups attached to an aromatic ring is 1. The van der Waals surface area contributed by atoms with Crippen molar-refractivity contribution in [1.29, 1.82) is 0 Å². The van der Waals surface area contributed by atoms with Crippen molar-refractivity contribution < 1.29 is 13.9 Å². The minimum absolute atomic E-state index is 0.0214. The molecule has 1 aromatic heterocycles. The van der Waals surface area contributed by atoms with Crippen molar-refractivity contribution in [3.05, 3.63) is 5.89 Å². The summed E-state index contributed by atoms with van der Waals surface area (Å²) >= 11 is 0. The number of amides is 1. The number of aromatic nitrogens is 2. The van der Waals surface area contributed by atoms with Gasteiger partial charge in [-0.1, -0.05) is 5.10 Å². The highest BCUT2D eigenvalue weighted by Crippen LogP contribution is 1.99. The van der Waals surface area contributed by atoms with Gasteiger partial charge in [0.25, 0.3) is 0 Å². The summed E-state index contributed by atoms with van der Waals surface area (Å²) in [7, 11) is 1.29. The van der Waals surface area contributed by atoms with Crippen LogP contribution < -0.4 is 11.1 Å². The summed E-state index contributed by atoms with van der Waals surface area (Å²) < 4.78 is 9.21. The first-order valence-electron chi connectivity index (χ1n) is 3.62. The first-order chi connectivity index (χ1) is 6.22. The van der Waals surface area contributed by atoms with Crippen molar-refractivity contribution in [1.82, 2.24) is 15.5 Å². The van der Waals surface area contributed by atoms with E-state index in [2.05, 4.69) is 20.3 Å². The molecule has 0 aliphatic carbocycles. The topological polar surface area (TPSA) is 103 Å². The Labute approximate surface area is 74.3 Å². The highest BCUT2D eigenvalue weighted by Gasteiger charge is 2.03. The van der Waals surface area contributed by atoms with E-state index in [-0.39, 0.29) is 6.01 Å². The van der Waals surface area contributed by atoms with Crippen LogP contribution in [-0.2, 0) is 11.2 Å². The van der Waals surface area contributed by atoms with Gasteiger partial charge in [0, 0.05) is 13.0 Å². The van der Waals surface area contributed by atoms with Gasteiger partial charge < -0.3 is 20.2 Å². The molecular weight excluding hydrogens is 176 g/mol. The fraction of sp³-hybridized carbons (Fsp3) is 0.500. The standard InChI is InChI=1S/C6H10N4O3/c1-12-6(11)8-3-2-4-9-10-5(7)13-4/h2-3H2,1H3,(H2,7,10)(H,8,11). The highest BCUT2D eigenvalue weighted by molar-refractivity contribution is 5.66. The van der Waals surface area contributed by atoms with Crippen molar-refractivity contribution >= 4 is 12.1 Å². The zero-order valence-corrected chi connectivity index (χ0v) is 7.11. The average Bonchev–Trinajstić information content (AvgIpc) is 2.51. The summed E-state index contributed by atoms with van der Waals surface area (Å²) in [5.74, 6) is 0.383. The third-order valence-electron chi connectivity index (χ3n) is 1.28. The first kappa shape index (κ1) is 9.30. The summed E-state index contributed by atoms with van der Waals surface area (Å²) in [6.45, 7) is 0.369. The van der Waals surface area contributed by atoms with Crippen LogP contribution >= 0.6 is 0 Å². The molecule has 7 nitrogen and oxygen atoms in total. The Morgan fingerprint density at radius 3 is 3.00 bits per heavy atom. The molecule has 0 aliphatic rings. The number of carbonyl (C=O) groups excluding carboxylic acids is 1. The van der Waals surface area contributed by atoms with E-state index in [0.29, 0.717) is 18.9 Å². The normalized spacial score (nSPS) is 9.62. The molecule has 1 amide bonds. The van der Waals surface area contributed by atoms with Gasteiger partial charge in [-0.15, -0.1) is 5.10 Å². The van der Waals surface area contributed by atoms with Gasteiger partial charge in [0.2, 0.25) is 5.89 Å². The fourth-order valence-corrected chi connectivity index (χ4v) is 0.711. The van der Waals surface area contributed by atoms with Gasteiger partial charge in [0.15, 0.2) is 0 Å². The number of alkyl carbamates (subject to hydrolysis) is 1. The number of carbonyl (C=O) groups is 1. The minimum atomic E-state index is -0.493. The van der Waals surface area contributed by atoms with Crippen LogP contribution in [0.3, 0.4) is 0 Å². The van der Waals surface area contributed by atoms with E-state index in [1.54, 1.807) is 0 Å². The van der Waals surface area contributed by atoms with Crippen LogP contribution in [0.15, 0.2) is 4.42 Å². The van der Waals surface area contributed by atoms with E-state index in [4.69, 9.17) is 10.2 Å². The Morgan fingerprint density at radius 2 is 2.46 bits per heavy atom. The summed E-state index contributed by atoms with van der Waals surface area (Å²) in [5, 5.41) is 9.52. The van der Waals surface area contributed by atoms with Crippen LogP contribution in [0.25, 0.3) is 0 Å². The van der Waals surface area contributed by atoms with Gasteiger partial charge >= 0.3 is 12.1 Å². The zero-order chi connectivity index (χ0) is 9.68.